The fourth-order valence-corrected chi connectivity index (χ4v) is 2.22. The summed E-state index contributed by atoms with van der Waals surface area (Å²) in [4.78, 5) is 12.2. The van der Waals surface area contributed by atoms with Crippen LogP contribution in [0.15, 0.2) is 18.2 Å². The number of benzene rings is 1. The quantitative estimate of drug-likeness (QED) is 0.878. The SMILES string of the molecule is Cc1cc(C(=O)NC(C)(CN)CC(C)C)ccc1F.Cl. The molecule has 114 valence electrons. The smallest absolute Gasteiger partial charge is 0.251 e. The number of halogens is 2. The van der Waals surface area contributed by atoms with Gasteiger partial charge in [-0.05, 0) is 49.9 Å². The van der Waals surface area contributed by atoms with Crippen molar-refractivity contribution in [2.24, 2.45) is 11.7 Å². The molecule has 0 bridgehead atoms. The van der Waals surface area contributed by atoms with Crippen LogP contribution in [0.25, 0.3) is 0 Å². The van der Waals surface area contributed by atoms with E-state index in [1.165, 1.54) is 12.1 Å². The van der Waals surface area contributed by atoms with Gasteiger partial charge in [-0.25, -0.2) is 4.39 Å². The van der Waals surface area contributed by atoms with Crippen molar-refractivity contribution in [2.45, 2.75) is 39.7 Å². The molecule has 0 saturated carbocycles. The molecule has 0 spiro atoms. The minimum Gasteiger partial charge on any atom is -0.346 e. The van der Waals surface area contributed by atoms with Gasteiger partial charge in [0.15, 0.2) is 0 Å². The number of rotatable bonds is 5. The van der Waals surface area contributed by atoms with E-state index >= 15 is 0 Å². The van der Waals surface area contributed by atoms with Crippen molar-refractivity contribution >= 4 is 18.3 Å². The van der Waals surface area contributed by atoms with E-state index < -0.39 is 5.54 Å². The van der Waals surface area contributed by atoms with Gasteiger partial charge < -0.3 is 11.1 Å². The summed E-state index contributed by atoms with van der Waals surface area (Å²) >= 11 is 0. The summed E-state index contributed by atoms with van der Waals surface area (Å²) in [6.45, 7) is 8.12. The van der Waals surface area contributed by atoms with E-state index in [2.05, 4.69) is 19.2 Å². The number of hydrogen-bond acceptors (Lipinski definition) is 2. The van der Waals surface area contributed by atoms with E-state index in [1.54, 1.807) is 13.0 Å². The molecule has 1 atom stereocenters. The molecule has 0 saturated heterocycles. The molecule has 1 unspecified atom stereocenters. The van der Waals surface area contributed by atoms with E-state index in [0.29, 0.717) is 23.6 Å². The predicted octanol–water partition coefficient (Wildman–Crippen LogP) is 3.05. The van der Waals surface area contributed by atoms with Gasteiger partial charge in [0.25, 0.3) is 5.91 Å². The molecular weight excluding hydrogens is 279 g/mol. The minimum absolute atomic E-state index is 0. The van der Waals surface area contributed by atoms with Crippen molar-refractivity contribution in [1.82, 2.24) is 5.32 Å². The van der Waals surface area contributed by atoms with Crippen LogP contribution in [0.5, 0.6) is 0 Å². The molecule has 1 aromatic rings. The molecule has 1 aromatic carbocycles. The first-order valence-corrected chi connectivity index (χ1v) is 6.56. The third-order valence-electron chi connectivity index (χ3n) is 3.14. The zero-order valence-electron chi connectivity index (χ0n) is 12.5. The lowest BCUT2D eigenvalue weighted by Gasteiger charge is -2.31. The molecule has 5 heteroatoms. The second-order valence-electron chi connectivity index (χ2n) is 5.78. The van der Waals surface area contributed by atoms with Gasteiger partial charge in [-0.2, -0.15) is 0 Å². The lowest BCUT2D eigenvalue weighted by Crippen LogP contribution is -2.52. The number of carbonyl (C=O) groups excluding carboxylic acids is 1. The van der Waals surface area contributed by atoms with Gasteiger partial charge in [-0.1, -0.05) is 13.8 Å². The highest BCUT2D eigenvalue weighted by Crippen LogP contribution is 2.17. The molecule has 0 aliphatic rings. The fraction of sp³-hybridized carbons (Fsp3) is 0.533. The fourth-order valence-electron chi connectivity index (χ4n) is 2.22. The van der Waals surface area contributed by atoms with E-state index in [0.717, 1.165) is 6.42 Å². The van der Waals surface area contributed by atoms with Gasteiger partial charge in [-0.3, -0.25) is 4.79 Å². The summed E-state index contributed by atoms with van der Waals surface area (Å²) in [7, 11) is 0. The van der Waals surface area contributed by atoms with Gasteiger partial charge >= 0.3 is 0 Å². The van der Waals surface area contributed by atoms with Crippen molar-refractivity contribution < 1.29 is 9.18 Å². The third kappa shape index (κ3) is 5.10. The Bertz CT molecular complexity index is 465. The highest BCUT2D eigenvalue weighted by Gasteiger charge is 2.26. The van der Waals surface area contributed by atoms with Crippen LogP contribution < -0.4 is 11.1 Å². The molecule has 20 heavy (non-hydrogen) atoms. The molecule has 0 aliphatic heterocycles. The molecule has 3 nitrogen and oxygen atoms in total. The van der Waals surface area contributed by atoms with Crippen molar-refractivity contribution in [1.29, 1.82) is 0 Å². The van der Waals surface area contributed by atoms with E-state index in [4.69, 9.17) is 5.73 Å². The lowest BCUT2D eigenvalue weighted by atomic mass is 9.90. The van der Waals surface area contributed by atoms with Gasteiger partial charge in [-0.15, -0.1) is 12.4 Å². The van der Waals surface area contributed by atoms with Crippen molar-refractivity contribution in [3.05, 3.63) is 35.1 Å². The Kier molecular flexibility index (Phi) is 7.17. The first-order chi connectivity index (χ1) is 8.77. The maximum absolute atomic E-state index is 13.2. The van der Waals surface area contributed by atoms with Crippen LogP contribution in [0.2, 0.25) is 0 Å². The van der Waals surface area contributed by atoms with Crippen molar-refractivity contribution in [3.63, 3.8) is 0 Å². The summed E-state index contributed by atoms with van der Waals surface area (Å²) in [5.74, 6) is -0.0826. The zero-order chi connectivity index (χ0) is 14.6. The molecule has 0 heterocycles. The van der Waals surface area contributed by atoms with Gasteiger partial charge in [0.05, 0.1) is 0 Å². The zero-order valence-corrected chi connectivity index (χ0v) is 13.3. The van der Waals surface area contributed by atoms with Gasteiger partial charge in [0, 0.05) is 17.6 Å². The average molecular weight is 303 g/mol. The summed E-state index contributed by atoms with van der Waals surface area (Å²) in [6.07, 6.45) is 0.801. The number of aryl methyl sites for hydroxylation is 1. The Morgan fingerprint density at radius 1 is 1.45 bits per heavy atom. The number of carbonyl (C=O) groups is 1. The summed E-state index contributed by atoms with van der Waals surface area (Å²) < 4.78 is 13.2. The summed E-state index contributed by atoms with van der Waals surface area (Å²) in [5, 5.41) is 2.95. The average Bonchev–Trinajstić information content (AvgIpc) is 2.31. The molecule has 1 rings (SSSR count). The van der Waals surface area contributed by atoms with Crippen molar-refractivity contribution in [3.8, 4) is 0 Å². The Morgan fingerprint density at radius 2 is 2.05 bits per heavy atom. The maximum Gasteiger partial charge on any atom is 0.251 e. The Balaban J connectivity index is 0.00000361. The number of amides is 1. The van der Waals surface area contributed by atoms with E-state index in [9.17, 15) is 9.18 Å². The largest absolute Gasteiger partial charge is 0.346 e. The van der Waals surface area contributed by atoms with Crippen LogP contribution in [0.3, 0.4) is 0 Å². The maximum atomic E-state index is 13.2. The summed E-state index contributed by atoms with van der Waals surface area (Å²) in [6, 6.07) is 4.35. The van der Waals surface area contributed by atoms with Crippen LogP contribution in [0.4, 0.5) is 4.39 Å². The Labute approximate surface area is 126 Å². The highest BCUT2D eigenvalue weighted by molar-refractivity contribution is 5.94. The Morgan fingerprint density at radius 3 is 2.50 bits per heavy atom. The lowest BCUT2D eigenvalue weighted by molar-refractivity contribution is 0.0898. The molecule has 1 amide bonds. The highest BCUT2D eigenvalue weighted by atomic mass is 35.5. The monoisotopic (exact) mass is 302 g/mol. The molecule has 3 N–H and O–H groups in total. The van der Waals surface area contributed by atoms with Crippen LogP contribution in [0, 0.1) is 18.7 Å². The van der Waals surface area contributed by atoms with Crippen LogP contribution in [-0.2, 0) is 0 Å². The molecule has 0 fully saturated rings. The molecule has 0 aromatic heterocycles. The molecular formula is C15H24ClFN2O. The Hall–Kier alpha value is -1.13. The van der Waals surface area contributed by atoms with Crippen molar-refractivity contribution in [2.75, 3.05) is 6.54 Å². The summed E-state index contributed by atoms with van der Waals surface area (Å²) in [5.41, 5.74) is 6.25. The normalized spacial score (nSPS) is 13.6. The second kappa shape index (κ2) is 7.60. The number of hydrogen-bond donors (Lipinski definition) is 2. The van der Waals surface area contributed by atoms with Gasteiger partial charge in [0.1, 0.15) is 5.82 Å². The standard InChI is InChI=1S/C15H23FN2O.ClH/c1-10(2)8-15(4,9-17)18-14(19)12-5-6-13(16)11(3)7-12;/h5-7,10H,8-9,17H2,1-4H3,(H,18,19);1H. The topological polar surface area (TPSA) is 55.1 Å². The van der Waals surface area contributed by atoms with Crippen LogP contribution in [0.1, 0.15) is 43.1 Å². The van der Waals surface area contributed by atoms with E-state index in [-0.39, 0.29) is 24.1 Å². The third-order valence-corrected chi connectivity index (χ3v) is 3.14. The minimum atomic E-state index is -0.437. The second-order valence-corrected chi connectivity index (χ2v) is 5.78. The number of nitrogens with one attached hydrogen (secondary N) is 1. The predicted molar refractivity (Wildman–Crippen MR) is 82.8 cm³/mol. The molecule has 0 radical (unpaired) electrons. The van der Waals surface area contributed by atoms with Gasteiger partial charge in [0.2, 0.25) is 0 Å². The van der Waals surface area contributed by atoms with Crippen LogP contribution >= 0.6 is 12.4 Å². The van der Waals surface area contributed by atoms with E-state index in [1.807, 2.05) is 6.92 Å². The number of nitrogens with two attached hydrogens (primary N) is 1. The van der Waals surface area contributed by atoms with Crippen LogP contribution in [-0.4, -0.2) is 18.0 Å². The first-order valence-electron chi connectivity index (χ1n) is 6.56. The first kappa shape index (κ1) is 18.9. The molecule has 0 aliphatic carbocycles.